The van der Waals surface area contributed by atoms with Crippen LogP contribution >= 0.6 is 27.7 Å². The number of amidine groups is 2. The van der Waals surface area contributed by atoms with Gasteiger partial charge in [-0.3, -0.25) is 4.79 Å². The SMILES string of the molecule is COc1ccccc1N1N=CC2C(=O)N=C(SCc3ccc(Br)cc3)N=C21. The van der Waals surface area contributed by atoms with Crippen LogP contribution < -0.4 is 9.75 Å². The van der Waals surface area contributed by atoms with Crippen molar-refractivity contribution in [3.8, 4) is 5.75 Å². The zero-order valence-corrected chi connectivity index (χ0v) is 16.8. The number of hydrogen-bond donors (Lipinski definition) is 0. The molecule has 2 aliphatic rings. The van der Waals surface area contributed by atoms with Crippen molar-refractivity contribution in [3.05, 3.63) is 58.6 Å². The zero-order valence-electron chi connectivity index (χ0n) is 14.4. The third kappa shape index (κ3) is 3.68. The summed E-state index contributed by atoms with van der Waals surface area (Å²) in [5.41, 5.74) is 1.87. The van der Waals surface area contributed by atoms with Gasteiger partial charge in [-0.1, -0.05) is 52.0 Å². The van der Waals surface area contributed by atoms with E-state index in [0.29, 0.717) is 22.5 Å². The lowest BCUT2D eigenvalue weighted by Gasteiger charge is -2.21. The van der Waals surface area contributed by atoms with Crippen LogP contribution in [0.15, 0.2) is 68.1 Å². The Balaban J connectivity index is 1.57. The lowest BCUT2D eigenvalue weighted by Crippen LogP contribution is -2.34. The number of hydrogen-bond acceptors (Lipinski definition) is 6. The van der Waals surface area contributed by atoms with Crippen molar-refractivity contribution in [3.63, 3.8) is 0 Å². The first-order valence-corrected chi connectivity index (χ1v) is 9.99. The van der Waals surface area contributed by atoms with E-state index in [1.54, 1.807) is 18.3 Å². The number of methoxy groups -OCH3 is 1. The smallest absolute Gasteiger partial charge is 0.264 e. The number of halogens is 1. The lowest BCUT2D eigenvalue weighted by atomic mass is 10.1. The molecule has 2 aliphatic heterocycles. The second kappa shape index (κ2) is 7.66. The van der Waals surface area contributed by atoms with Crippen LogP contribution in [0, 0.1) is 5.92 Å². The highest BCUT2D eigenvalue weighted by Crippen LogP contribution is 2.33. The monoisotopic (exact) mass is 442 g/mol. The third-order valence-electron chi connectivity index (χ3n) is 4.10. The number of aliphatic imine (C=N–C) groups is 2. The van der Waals surface area contributed by atoms with Crippen molar-refractivity contribution in [2.24, 2.45) is 21.0 Å². The van der Waals surface area contributed by atoms with Crippen molar-refractivity contribution in [2.45, 2.75) is 5.75 Å². The van der Waals surface area contributed by atoms with Gasteiger partial charge in [-0.15, -0.1) is 0 Å². The van der Waals surface area contributed by atoms with Crippen LogP contribution in [-0.2, 0) is 10.5 Å². The van der Waals surface area contributed by atoms with Gasteiger partial charge >= 0.3 is 0 Å². The van der Waals surface area contributed by atoms with E-state index in [0.717, 1.165) is 15.7 Å². The average molecular weight is 443 g/mol. The first kappa shape index (κ1) is 17.9. The maximum atomic E-state index is 12.4. The van der Waals surface area contributed by atoms with Gasteiger partial charge in [0.1, 0.15) is 17.4 Å². The Hall–Kier alpha value is -2.45. The molecule has 2 aromatic rings. The number of hydrazone groups is 1. The molecular weight excluding hydrogens is 428 g/mol. The standard InChI is InChI=1S/C19H15BrN4O2S/c1-26-16-5-3-2-4-15(16)24-17-14(10-21-24)18(25)23-19(22-17)27-11-12-6-8-13(20)9-7-12/h2-10,14H,11H2,1H3. The third-order valence-corrected chi connectivity index (χ3v) is 5.55. The molecule has 27 heavy (non-hydrogen) atoms. The van der Waals surface area contributed by atoms with E-state index < -0.39 is 5.92 Å². The van der Waals surface area contributed by atoms with Crippen LogP contribution in [0.1, 0.15) is 5.56 Å². The molecule has 2 aromatic carbocycles. The molecule has 1 unspecified atom stereocenters. The molecule has 0 saturated heterocycles. The highest BCUT2D eigenvalue weighted by Gasteiger charge is 2.37. The van der Waals surface area contributed by atoms with E-state index in [-0.39, 0.29) is 5.91 Å². The number of amides is 1. The fourth-order valence-corrected chi connectivity index (χ4v) is 3.82. The first-order chi connectivity index (χ1) is 13.2. The molecule has 0 radical (unpaired) electrons. The summed E-state index contributed by atoms with van der Waals surface area (Å²) >= 11 is 4.85. The summed E-state index contributed by atoms with van der Waals surface area (Å²) in [6, 6.07) is 15.5. The number of anilines is 1. The van der Waals surface area contributed by atoms with Crippen LogP contribution in [0.5, 0.6) is 5.75 Å². The minimum absolute atomic E-state index is 0.251. The minimum Gasteiger partial charge on any atom is -0.494 e. The van der Waals surface area contributed by atoms with Crippen molar-refractivity contribution in [1.29, 1.82) is 0 Å². The molecule has 1 amide bonds. The molecule has 2 heterocycles. The van der Waals surface area contributed by atoms with E-state index in [4.69, 9.17) is 4.74 Å². The summed E-state index contributed by atoms with van der Waals surface area (Å²) < 4.78 is 6.44. The largest absolute Gasteiger partial charge is 0.494 e. The number of nitrogens with zero attached hydrogens (tertiary/aromatic N) is 4. The molecule has 0 aromatic heterocycles. The van der Waals surface area contributed by atoms with Crippen molar-refractivity contribution in [2.75, 3.05) is 12.1 Å². The van der Waals surface area contributed by atoms with Gasteiger partial charge in [-0.2, -0.15) is 10.1 Å². The molecule has 0 spiro atoms. The molecule has 0 bridgehead atoms. The van der Waals surface area contributed by atoms with Crippen LogP contribution in [0.2, 0.25) is 0 Å². The van der Waals surface area contributed by atoms with Crippen LogP contribution in [-0.4, -0.2) is 30.2 Å². The number of ether oxygens (including phenoxy) is 1. The Bertz CT molecular complexity index is 972. The number of rotatable bonds is 4. The van der Waals surface area contributed by atoms with Gasteiger partial charge in [-0.25, -0.2) is 10.0 Å². The summed E-state index contributed by atoms with van der Waals surface area (Å²) in [5, 5.41) is 6.45. The van der Waals surface area contributed by atoms with Gasteiger partial charge in [0, 0.05) is 16.4 Å². The number of fused-ring (bicyclic) bond motifs is 1. The Morgan fingerprint density at radius 1 is 1.15 bits per heavy atom. The van der Waals surface area contributed by atoms with Crippen LogP contribution in [0.25, 0.3) is 0 Å². The molecule has 8 heteroatoms. The normalized spacial score (nSPS) is 18.2. The number of carbonyl (C=O) groups excluding carboxylic acids is 1. The van der Waals surface area contributed by atoms with Gasteiger partial charge < -0.3 is 4.74 Å². The fourth-order valence-electron chi connectivity index (χ4n) is 2.75. The molecular formula is C19H15BrN4O2S. The highest BCUT2D eigenvalue weighted by atomic mass is 79.9. The Kier molecular flexibility index (Phi) is 5.09. The second-order valence-electron chi connectivity index (χ2n) is 5.84. The van der Waals surface area contributed by atoms with Crippen molar-refractivity contribution in [1.82, 2.24) is 0 Å². The van der Waals surface area contributed by atoms with Gasteiger partial charge in [0.2, 0.25) is 0 Å². The highest BCUT2D eigenvalue weighted by molar-refractivity contribution is 9.10. The molecule has 6 nitrogen and oxygen atoms in total. The molecule has 0 N–H and O–H groups in total. The van der Waals surface area contributed by atoms with Crippen LogP contribution in [0.4, 0.5) is 5.69 Å². The van der Waals surface area contributed by atoms with E-state index in [1.807, 2.05) is 48.5 Å². The number of benzene rings is 2. The molecule has 0 fully saturated rings. The molecule has 4 rings (SSSR count). The van der Waals surface area contributed by atoms with E-state index in [1.165, 1.54) is 11.8 Å². The summed E-state index contributed by atoms with van der Waals surface area (Å²) in [7, 11) is 1.60. The van der Waals surface area contributed by atoms with Crippen molar-refractivity contribution >= 4 is 56.5 Å². The molecule has 0 aliphatic carbocycles. The molecule has 0 saturated carbocycles. The predicted molar refractivity (Wildman–Crippen MR) is 113 cm³/mol. The summed E-state index contributed by atoms with van der Waals surface area (Å²) in [6.45, 7) is 0. The van der Waals surface area contributed by atoms with E-state index in [9.17, 15) is 4.79 Å². The Morgan fingerprint density at radius 3 is 2.70 bits per heavy atom. The van der Waals surface area contributed by atoms with Gasteiger partial charge in [0.25, 0.3) is 5.91 Å². The number of carbonyl (C=O) groups is 1. The van der Waals surface area contributed by atoms with E-state index >= 15 is 0 Å². The Labute approximate surface area is 169 Å². The van der Waals surface area contributed by atoms with E-state index in [2.05, 4.69) is 31.0 Å². The number of thioether (sulfide) groups is 1. The average Bonchev–Trinajstić information content (AvgIpc) is 3.12. The molecule has 1 atom stereocenters. The summed E-state index contributed by atoms with van der Waals surface area (Å²) in [6.07, 6.45) is 1.58. The topological polar surface area (TPSA) is 66.6 Å². The van der Waals surface area contributed by atoms with Crippen LogP contribution in [0.3, 0.4) is 0 Å². The lowest BCUT2D eigenvalue weighted by molar-refractivity contribution is -0.118. The maximum Gasteiger partial charge on any atom is 0.264 e. The summed E-state index contributed by atoms with van der Waals surface area (Å²) in [4.78, 5) is 21.2. The predicted octanol–water partition coefficient (Wildman–Crippen LogP) is 4.11. The quantitative estimate of drug-likeness (QED) is 0.714. The van der Waals surface area contributed by atoms with Crippen molar-refractivity contribution < 1.29 is 9.53 Å². The van der Waals surface area contributed by atoms with Gasteiger partial charge in [0.15, 0.2) is 11.0 Å². The zero-order chi connectivity index (χ0) is 18.8. The first-order valence-electron chi connectivity index (χ1n) is 8.21. The number of para-hydroxylation sites is 2. The van der Waals surface area contributed by atoms with Gasteiger partial charge in [0.05, 0.1) is 7.11 Å². The second-order valence-corrected chi connectivity index (χ2v) is 7.70. The minimum atomic E-state index is -0.549. The molecule has 136 valence electrons. The summed E-state index contributed by atoms with van der Waals surface area (Å²) in [5.74, 6) is 1.09. The maximum absolute atomic E-state index is 12.4. The fraction of sp³-hybridized carbons (Fsp3) is 0.158. The Morgan fingerprint density at radius 2 is 1.93 bits per heavy atom. The van der Waals surface area contributed by atoms with Gasteiger partial charge in [-0.05, 0) is 29.8 Å².